The van der Waals surface area contributed by atoms with E-state index in [0.717, 1.165) is 25.8 Å². The van der Waals surface area contributed by atoms with Crippen LogP contribution in [0.4, 0.5) is 0 Å². The van der Waals surface area contributed by atoms with Crippen molar-refractivity contribution in [3.8, 4) is 0 Å². The molecule has 20 heavy (non-hydrogen) atoms. The first-order valence-corrected chi connectivity index (χ1v) is 8.45. The average Bonchev–Trinajstić information content (AvgIpc) is 2.91. The number of unbranched alkanes of at least 4 members (excludes halogenated alkanes) is 2. The molecule has 0 spiro atoms. The summed E-state index contributed by atoms with van der Waals surface area (Å²) in [6.07, 6.45) is 3.65. The zero-order valence-electron chi connectivity index (χ0n) is 12.9. The summed E-state index contributed by atoms with van der Waals surface area (Å²) in [7, 11) is 0. The molecule has 0 aromatic carbocycles. The summed E-state index contributed by atoms with van der Waals surface area (Å²) in [5.74, 6) is 0.521. The average molecular weight is 297 g/mol. The van der Waals surface area contributed by atoms with Crippen molar-refractivity contribution in [3.63, 3.8) is 0 Å². The molecule has 0 amide bonds. The monoisotopic (exact) mass is 297 g/mol. The number of esters is 1. The van der Waals surface area contributed by atoms with Gasteiger partial charge in [0.15, 0.2) is 0 Å². The van der Waals surface area contributed by atoms with Gasteiger partial charge in [-0.25, -0.2) is 0 Å². The maximum Gasteiger partial charge on any atom is 0.305 e. The van der Waals surface area contributed by atoms with Gasteiger partial charge < -0.3 is 10.1 Å². The zero-order valence-corrected chi connectivity index (χ0v) is 13.7. The molecule has 4 heteroatoms. The molecule has 1 rings (SSSR count). The largest absolute Gasteiger partial charge is 0.466 e. The van der Waals surface area contributed by atoms with Crippen LogP contribution in [0.25, 0.3) is 0 Å². The molecule has 1 heterocycles. The van der Waals surface area contributed by atoms with Crippen molar-refractivity contribution in [2.45, 2.75) is 52.5 Å². The first-order chi connectivity index (χ1) is 9.65. The van der Waals surface area contributed by atoms with Crippen LogP contribution in [0.15, 0.2) is 17.5 Å². The quantitative estimate of drug-likeness (QED) is 0.520. The van der Waals surface area contributed by atoms with Crippen molar-refractivity contribution >= 4 is 17.3 Å². The Labute approximate surface area is 126 Å². The van der Waals surface area contributed by atoms with Crippen LogP contribution >= 0.6 is 11.3 Å². The molecular formula is C16H27NO2S. The summed E-state index contributed by atoms with van der Waals surface area (Å²) in [5.41, 5.74) is 0. The molecule has 114 valence electrons. The highest BCUT2D eigenvalue weighted by Crippen LogP contribution is 2.25. The number of carbonyl (C=O) groups is 1. The van der Waals surface area contributed by atoms with Gasteiger partial charge in [0.05, 0.1) is 6.61 Å². The third kappa shape index (κ3) is 6.53. The summed E-state index contributed by atoms with van der Waals surface area (Å²) in [4.78, 5) is 12.6. The lowest BCUT2D eigenvalue weighted by molar-refractivity contribution is -0.143. The SMILES string of the molecule is CCOC(=O)CCCCCNC(c1cccs1)C(C)C. The van der Waals surface area contributed by atoms with Gasteiger partial charge in [-0.15, -0.1) is 11.3 Å². The number of ether oxygens (including phenoxy) is 1. The Balaban J connectivity index is 2.14. The lowest BCUT2D eigenvalue weighted by Crippen LogP contribution is -2.26. The van der Waals surface area contributed by atoms with E-state index in [1.54, 1.807) is 0 Å². The highest BCUT2D eigenvalue weighted by atomic mass is 32.1. The van der Waals surface area contributed by atoms with Gasteiger partial charge in [-0.2, -0.15) is 0 Å². The third-order valence-electron chi connectivity index (χ3n) is 3.24. The Hall–Kier alpha value is -0.870. The lowest BCUT2D eigenvalue weighted by Gasteiger charge is -2.21. The lowest BCUT2D eigenvalue weighted by atomic mass is 10.0. The first kappa shape index (κ1) is 17.2. The Bertz CT molecular complexity index is 363. The van der Waals surface area contributed by atoms with Gasteiger partial charge in [-0.1, -0.05) is 26.3 Å². The van der Waals surface area contributed by atoms with Gasteiger partial charge >= 0.3 is 5.97 Å². The summed E-state index contributed by atoms with van der Waals surface area (Å²) >= 11 is 1.81. The zero-order chi connectivity index (χ0) is 14.8. The summed E-state index contributed by atoms with van der Waals surface area (Å²) < 4.78 is 4.91. The minimum Gasteiger partial charge on any atom is -0.466 e. The van der Waals surface area contributed by atoms with Crippen LogP contribution in [0.3, 0.4) is 0 Å². The minimum absolute atomic E-state index is 0.0703. The van der Waals surface area contributed by atoms with E-state index in [9.17, 15) is 4.79 Å². The number of hydrogen-bond donors (Lipinski definition) is 1. The molecule has 1 N–H and O–H groups in total. The fraction of sp³-hybridized carbons (Fsp3) is 0.688. The highest BCUT2D eigenvalue weighted by molar-refractivity contribution is 7.10. The smallest absolute Gasteiger partial charge is 0.305 e. The topological polar surface area (TPSA) is 38.3 Å². The van der Waals surface area contributed by atoms with Gasteiger partial charge in [-0.3, -0.25) is 4.79 Å². The second-order valence-corrected chi connectivity index (χ2v) is 6.29. The fourth-order valence-electron chi connectivity index (χ4n) is 2.19. The van der Waals surface area contributed by atoms with E-state index < -0.39 is 0 Å². The molecule has 1 unspecified atom stereocenters. The normalized spacial score (nSPS) is 12.6. The number of hydrogen-bond acceptors (Lipinski definition) is 4. The summed E-state index contributed by atoms with van der Waals surface area (Å²) in [6, 6.07) is 4.75. The van der Waals surface area contributed by atoms with E-state index >= 15 is 0 Å². The van der Waals surface area contributed by atoms with E-state index in [2.05, 4.69) is 36.7 Å². The van der Waals surface area contributed by atoms with E-state index in [-0.39, 0.29) is 5.97 Å². The second-order valence-electron chi connectivity index (χ2n) is 5.31. The minimum atomic E-state index is -0.0703. The molecule has 0 aliphatic rings. The number of nitrogens with one attached hydrogen (secondary N) is 1. The molecule has 0 aliphatic heterocycles. The van der Waals surface area contributed by atoms with E-state index in [1.165, 1.54) is 4.88 Å². The van der Waals surface area contributed by atoms with Crippen molar-refractivity contribution in [1.82, 2.24) is 5.32 Å². The van der Waals surface area contributed by atoms with Crippen molar-refractivity contribution in [2.75, 3.05) is 13.2 Å². The van der Waals surface area contributed by atoms with Crippen LogP contribution in [0.5, 0.6) is 0 Å². The molecule has 0 saturated heterocycles. The van der Waals surface area contributed by atoms with Crippen molar-refractivity contribution in [2.24, 2.45) is 5.92 Å². The predicted octanol–water partition coefficient (Wildman–Crippen LogP) is 4.16. The van der Waals surface area contributed by atoms with E-state index in [1.807, 2.05) is 18.3 Å². The number of thiophene rings is 1. The Morgan fingerprint density at radius 1 is 1.35 bits per heavy atom. The fourth-order valence-corrected chi connectivity index (χ4v) is 3.17. The van der Waals surface area contributed by atoms with Crippen molar-refractivity contribution in [3.05, 3.63) is 22.4 Å². The van der Waals surface area contributed by atoms with Crippen molar-refractivity contribution < 1.29 is 9.53 Å². The molecule has 0 aliphatic carbocycles. The third-order valence-corrected chi connectivity index (χ3v) is 4.20. The van der Waals surface area contributed by atoms with Crippen LogP contribution in [0.2, 0.25) is 0 Å². The van der Waals surface area contributed by atoms with E-state index in [0.29, 0.717) is 25.0 Å². The maximum absolute atomic E-state index is 11.2. The molecule has 1 atom stereocenters. The predicted molar refractivity (Wildman–Crippen MR) is 85.0 cm³/mol. The molecule has 1 aromatic rings. The Morgan fingerprint density at radius 2 is 2.15 bits per heavy atom. The van der Waals surface area contributed by atoms with Gasteiger partial charge in [0.25, 0.3) is 0 Å². The van der Waals surface area contributed by atoms with Gasteiger partial charge in [0.1, 0.15) is 0 Å². The molecule has 0 saturated carbocycles. The Kier molecular flexibility index (Phi) is 8.54. The van der Waals surface area contributed by atoms with Crippen LogP contribution in [-0.2, 0) is 9.53 Å². The highest BCUT2D eigenvalue weighted by Gasteiger charge is 2.15. The molecular weight excluding hydrogens is 270 g/mol. The molecule has 0 radical (unpaired) electrons. The van der Waals surface area contributed by atoms with Crippen LogP contribution in [0, 0.1) is 5.92 Å². The van der Waals surface area contributed by atoms with E-state index in [4.69, 9.17) is 4.74 Å². The van der Waals surface area contributed by atoms with Crippen LogP contribution in [-0.4, -0.2) is 19.1 Å². The van der Waals surface area contributed by atoms with Gasteiger partial charge in [0, 0.05) is 17.3 Å². The Morgan fingerprint density at radius 3 is 2.75 bits per heavy atom. The maximum atomic E-state index is 11.2. The number of rotatable bonds is 10. The summed E-state index contributed by atoms with van der Waals surface area (Å²) in [5, 5.41) is 5.76. The van der Waals surface area contributed by atoms with Crippen LogP contribution in [0.1, 0.15) is 57.4 Å². The molecule has 0 fully saturated rings. The van der Waals surface area contributed by atoms with Gasteiger partial charge in [-0.05, 0) is 43.7 Å². The standard InChI is InChI=1S/C16H27NO2S/c1-4-19-15(18)10-6-5-7-11-17-16(13(2)3)14-9-8-12-20-14/h8-9,12-13,16-17H,4-7,10-11H2,1-3H3. The second kappa shape index (κ2) is 9.94. The molecule has 0 bridgehead atoms. The van der Waals surface area contributed by atoms with Crippen LogP contribution < -0.4 is 5.32 Å². The number of carbonyl (C=O) groups excluding carboxylic acids is 1. The summed E-state index contributed by atoms with van der Waals surface area (Å²) in [6.45, 7) is 7.83. The van der Waals surface area contributed by atoms with Gasteiger partial charge in [0.2, 0.25) is 0 Å². The first-order valence-electron chi connectivity index (χ1n) is 7.57. The molecule has 3 nitrogen and oxygen atoms in total. The van der Waals surface area contributed by atoms with Crippen molar-refractivity contribution in [1.29, 1.82) is 0 Å². The molecule has 1 aromatic heterocycles.